The van der Waals surface area contributed by atoms with Crippen molar-refractivity contribution in [2.24, 2.45) is 8.44 Å². The number of carbonyl (C=O) groups excluding carboxylic acids is 4. The number of rotatable bonds is 19. The third-order valence-corrected chi connectivity index (χ3v) is 5.27. The Hall–Kier alpha value is -2.19. The predicted octanol–water partition coefficient (Wildman–Crippen LogP) is 0.809. The van der Waals surface area contributed by atoms with Crippen molar-refractivity contribution in [2.75, 3.05) is 59.4 Å². The van der Waals surface area contributed by atoms with Crippen LogP contribution in [0, 0.1) is 3.56 Å². The van der Waals surface area contributed by atoms with Gasteiger partial charge in [0.1, 0.15) is 18.8 Å². The number of nitrogens with one attached hydrogen (secondary N) is 2. The molecule has 1 aliphatic rings. The standard InChI is InChI=1S/C22H37IN4O12/c1-14(28)26-19-21(38-17(4)31)20(37-16(3)30)18(13-36-15(2)29)39-22(19)35-12-11-34-10-9-33-8-7-32-6-5-25-27-23-24/h18-22,24H,5-13H2,1-4H3,(H,26,28)/t18-,19-,20+,21-,22-/m1/s1. The Morgan fingerprint density at radius 3 is 1.92 bits per heavy atom. The highest BCUT2D eigenvalue weighted by molar-refractivity contribution is 14.1. The van der Waals surface area contributed by atoms with Gasteiger partial charge in [0.25, 0.3) is 0 Å². The van der Waals surface area contributed by atoms with Crippen molar-refractivity contribution in [3.05, 3.63) is 0 Å². The molecule has 17 heteroatoms. The Balaban J connectivity index is 2.62. The predicted molar refractivity (Wildman–Crippen MR) is 139 cm³/mol. The molecule has 0 saturated carbocycles. The van der Waals surface area contributed by atoms with Crippen molar-refractivity contribution in [1.82, 2.24) is 5.32 Å². The molecule has 0 spiro atoms. The summed E-state index contributed by atoms with van der Waals surface area (Å²) in [6.45, 7) is 6.86. The molecule has 0 unspecified atom stereocenters. The van der Waals surface area contributed by atoms with Gasteiger partial charge in [0.15, 0.2) is 39.8 Å². The lowest BCUT2D eigenvalue weighted by atomic mass is 9.96. The zero-order valence-corrected chi connectivity index (χ0v) is 24.6. The van der Waals surface area contributed by atoms with Gasteiger partial charge in [0.2, 0.25) is 5.91 Å². The van der Waals surface area contributed by atoms with Gasteiger partial charge in [0, 0.05) is 27.7 Å². The molecular formula is C22H37IN4O12. The normalized spacial score (nSPS) is 22.8. The molecule has 0 radical (unpaired) electrons. The molecule has 0 bridgehead atoms. The van der Waals surface area contributed by atoms with Crippen LogP contribution >= 0.6 is 21.3 Å². The van der Waals surface area contributed by atoms with Crippen molar-refractivity contribution in [3.63, 3.8) is 0 Å². The van der Waals surface area contributed by atoms with Crippen LogP contribution in [0.3, 0.4) is 0 Å². The van der Waals surface area contributed by atoms with E-state index in [1.54, 1.807) is 0 Å². The zero-order chi connectivity index (χ0) is 29.0. The molecule has 1 heterocycles. The lowest BCUT2D eigenvalue weighted by molar-refractivity contribution is -0.279. The Kier molecular flexibility index (Phi) is 18.5. The number of halogens is 1. The Morgan fingerprint density at radius 2 is 1.38 bits per heavy atom. The average molecular weight is 676 g/mol. The average Bonchev–Trinajstić information content (AvgIpc) is 2.85. The molecule has 5 atom stereocenters. The van der Waals surface area contributed by atoms with Crippen LogP contribution in [0.25, 0.3) is 0 Å². The van der Waals surface area contributed by atoms with E-state index in [0.717, 1.165) is 6.92 Å². The minimum atomic E-state index is -1.19. The topological polar surface area (TPSA) is 203 Å². The lowest BCUT2D eigenvalue weighted by Crippen LogP contribution is -2.66. The summed E-state index contributed by atoms with van der Waals surface area (Å²) >= 11 is -0.930. The van der Waals surface area contributed by atoms with E-state index in [4.69, 9.17) is 41.5 Å². The van der Waals surface area contributed by atoms with Crippen molar-refractivity contribution < 1.29 is 57.1 Å². The monoisotopic (exact) mass is 676 g/mol. The first-order valence-electron chi connectivity index (χ1n) is 12.1. The molecule has 16 nitrogen and oxygen atoms in total. The second-order valence-electron chi connectivity index (χ2n) is 7.95. The maximum atomic E-state index is 11.9. The van der Waals surface area contributed by atoms with Crippen LogP contribution < -0.4 is 5.32 Å². The Labute approximate surface area is 237 Å². The van der Waals surface area contributed by atoms with Crippen LogP contribution in [0.2, 0.25) is 0 Å². The van der Waals surface area contributed by atoms with Crippen LogP contribution in [0.4, 0.5) is 0 Å². The maximum Gasteiger partial charge on any atom is 0.303 e. The number of esters is 3. The van der Waals surface area contributed by atoms with Gasteiger partial charge >= 0.3 is 17.9 Å². The van der Waals surface area contributed by atoms with Gasteiger partial charge in [-0.1, -0.05) is 0 Å². The number of hydrogen-bond acceptors (Lipinski definition) is 14. The maximum absolute atomic E-state index is 11.9. The molecule has 0 aromatic heterocycles. The van der Waals surface area contributed by atoms with Gasteiger partial charge in [0.05, 0.1) is 52.8 Å². The van der Waals surface area contributed by atoms with Gasteiger partial charge in [-0.2, -0.15) is 5.11 Å². The first-order chi connectivity index (χ1) is 18.6. The largest absolute Gasteiger partial charge is 0.463 e. The van der Waals surface area contributed by atoms with Crippen LogP contribution in [0.1, 0.15) is 27.7 Å². The molecule has 2 N–H and O–H groups in total. The minimum absolute atomic E-state index is 0.0321. The summed E-state index contributed by atoms with van der Waals surface area (Å²) in [6, 6.07) is -1.04. The fourth-order valence-corrected chi connectivity index (χ4v) is 3.74. The van der Waals surface area contributed by atoms with Gasteiger partial charge < -0.3 is 43.2 Å². The summed E-state index contributed by atoms with van der Waals surface area (Å²) < 4.78 is 54.2. The fourth-order valence-electron chi connectivity index (χ4n) is 3.37. The van der Waals surface area contributed by atoms with E-state index in [2.05, 4.69) is 13.8 Å². The third-order valence-electron chi connectivity index (χ3n) is 4.75. The van der Waals surface area contributed by atoms with Gasteiger partial charge in [-0.25, -0.2) is 0 Å². The highest BCUT2D eigenvalue weighted by Crippen LogP contribution is 2.28. The summed E-state index contributed by atoms with van der Waals surface area (Å²) in [5, 5.41) is 6.39. The number of hydrogen-bond donors (Lipinski definition) is 2. The number of ether oxygens (including phenoxy) is 8. The molecule has 0 aliphatic carbocycles. The van der Waals surface area contributed by atoms with Crippen molar-refractivity contribution in [2.45, 2.75) is 58.3 Å². The Morgan fingerprint density at radius 1 is 0.821 bits per heavy atom. The van der Waals surface area contributed by atoms with E-state index in [1.165, 1.54) is 20.8 Å². The molecule has 0 aromatic carbocycles. The van der Waals surface area contributed by atoms with Crippen molar-refractivity contribution in [3.8, 4) is 0 Å². The van der Waals surface area contributed by atoms with Crippen LogP contribution in [0.5, 0.6) is 0 Å². The van der Waals surface area contributed by atoms with Crippen LogP contribution in [0.15, 0.2) is 8.44 Å². The van der Waals surface area contributed by atoms with Gasteiger partial charge in [-0.05, 0) is 0 Å². The minimum Gasteiger partial charge on any atom is -0.463 e. The summed E-state index contributed by atoms with van der Waals surface area (Å²) in [5.41, 5.74) is 0. The molecule has 1 amide bonds. The quantitative estimate of drug-likeness (QED) is 0.0642. The third kappa shape index (κ3) is 15.9. The van der Waals surface area contributed by atoms with Gasteiger partial charge in [-0.15, -0.1) is 3.33 Å². The van der Waals surface area contributed by atoms with Gasteiger partial charge in [-0.3, -0.25) is 22.7 Å². The smallest absolute Gasteiger partial charge is 0.303 e. The van der Waals surface area contributed by atoms with E-state index in [1.807, 2.05) is 0 Å². The molecule has 39 heavy (non-hydrogen) atoms. The number of nitrogens with zero attached hydrogens (tertiary/aromatic N) is 2. The fraction of sp³-hybridized carbons (Fsp3) is 0.818. The van der Waals surface area contributed by atoms with E-state index in [9.17, 15) is 19.2 Å². The van der Waals surface area contributed by atoms with Crippen LogP contribution in [-0.4, -0.2) is 114 Å². The van der Waals surface area contributed by atoms with Crippen LogP contribution in [-0.2, 0) is 57.1 Å². The highest BCUT2D eigenvalue weighted by Gasteiger charge is 2.51. The lowest BCUT2D eigenvalue weighted by Gasteiger charge is -2.44. The van der Waals surface area contributed by atoms with E-state index in [0.29, 0.717) is 33.0 Å². The number of carbonyl (C=O) groups is 4. The van der Waals surface area contributed by atoms with Crippen molar-refractivity contribution in [1.29, 1.82) is 3.56 Å². The molecule has 1 aliphatic heterocycles. The summed E-state index contributed by atoms with van der Waals surface area (Å²) in [5.74, 6) is -2.44. The second kappa shape index (κ2) is 20.7. The van der Waals surface area contributed by atoms with E-state index < -0.39 is 75.8 Å². The summed E-state index contributed by atoms with van der Waals surface area (Å²) in [7, 11) is 0. The van der Waals surface area contributed by atoms with E-state index in [-0.39, 0.29) is 26.4 Å². The zero-order valence-electron chi connectivity index (χ0n) is 22.4. The number of amides is 1. The summed E-state index contributed by atoms with van der Waals surface area (Å²) in [4.78, 5) is 46.9. The Bertz CT molecular complexity index is 818. The highest BCUT2D eigenvalue weighted by atomic mass is 127. The molecule has 1 rings (SSSR count). The first-order valence-corrected chi connectivity index (χ1v) is 14.1. The molecular weight excluding hydrogens is 639 g/mol. The van der Waals surface area contributed by atoms with E-state index >= 15 is 0 Å². The molecule has 0 aromatic rings. The molecule has 1 fully saturated rings. The molecule has 224 valence electrons. The summed E-state index contributed by atoms with van der Waals surface area (Å²) in [6.07, 6.45) is -4.57. The second-order valence-corrected chi connectivity index (χ2v) is 8.87. The van der Waals surface area contributed by atoms with Crippen molar-refractivity contribution >= 4 is 45.1 Å². The first kappa shape index (κ1) is 34.8. The SMILES string of the molecule is CC(=O)N[C@H]1[C@H](OCCOCCOCCOCCN=NI=N)O[C@H](COC(C)=O)[C@H](OC(C)=O)[C@@H]1OC(C)=O. The molecule has 1 saturated heterocycles.